The van der Waals surface area contributed by atoms with E-state index in [-0.39, 0.29) is 6.54 Å². The number of alkyl halides is 4. The van der Waals surface area contributed by atoms with Gasteiger partial charge in [-0.05, 0) is 6.07 Å². The van der Waals surface area contributed by atoms with Crippen molar-refractivity contribution in [1.29, 1.82) is 0 Å². The first kappa shape index (κ1) is 14.6. The molecule has 0 fully saturated rings. The molecule has 18 heavy (non-hydrogen) atoms. The van der Waals surface area contributed by atoms with Crippen LogP contribution in [0.15, 0.2) is 18.2 Å². The molecular weight excluding hydrogens is 252 g/mol. The molecule has 0 aliphatic heterocycles. The summed E-state index contributed by atoms with van der Waals surface area (Å²) in [6.45, 7) is -1.11. The number of halogens is 4. The number of rotatable bonds is 6. The molecule has 0 aliphatic carbocycles. The molecule has 0 spiro atoms. The van der Waals surface area contributed by atoms with Crippen LogP contribution in [0.4, 0.5) is 23.2 Å². The number of nitrogens with two attached hydrogens (primary N) is 1. The number of nitrogen functional groups attached to an aromatic ring is 1. The second-order valence-electron chi connectivity index (χ2n) is 3.74. The lowest BCUT2D eigenvalue weighted by atomic mass is 10.1. The van der Waals surface area contributed by atoms with E-state index in [0.29, 0.717) is 17.0 Å². The predicted molar refractivity (Wildman–Crippen MR) is 60.1 cm³/mol. The molecule has 0 aliphatic rings. The Labute approximate surface area is 102 Å². The number of hydrogen-bond donors (Lipinski definition) is 2. The van der Waals surface area contributed by atoms with Crippen LogP contribution >= 0.6 is 0 Å². The number of nitrogens with one attached hydrogen (secondary N) is 1. The van der Waals surface area contributed by atoms with Gasteiger partial charge in [0, 0.05) is 23.9 Å². The highest BCUT2D eigenvalue weighted by Crippen LogP contribution is 2.23. The first-order valence-corrected chi connectivity index (χ1v) is 5.16. The van der Waals surface area contributed by atoms with Crippen LogP contribution in [0.1, 0.15) is 5.56 Å². The first-order valence-electron chi connectivity index (χ1n) is 5.16. The van der Waals surface area contributed by atoms with Crippen LogP contribution in [0.3, 0.4) is 0 Å². The quantitative estimate of drug-likeness (QED) is 0.613. The highest BCUT2D eigenvalue weighted by Gasteiger charge is 2.39. The number of anilines is 1. The third kappa shape index (κ3) is 3.76. The van der Waals surface area contributed by atoms with E-state index in [1.54, 1.807) is 12.1 Å². The Morgan fingerprint density at radius 1 is 1.39 bits per heavy atom. The molecule has 0 saturated carbocycles. The smallest absolute Gasteiger partial charge is 0.319 e. The highest BCUT2D eigenvalue weighted by molar-refractivity contribution is 5.48. The summed E-state index contributed by atoms with van der Waals surface area (Å²) in [5.41, 5.74) is 6.55. The zero-order valence-corrected chi connectivity index (χ0v) is 9.72. The SMILES string of the molecule is COc1cc(N)ccc1CNCC(F)(F)C(F)F. The molecule has 1 aromatic rings. The second-order valence-corrected chi connectivity index (χ2v) is 3.74. The van der Waals surface area contributed by atoms with Gasteiger partial charge >= 0.3 is 12.3 Å². The van der Waals surface area contributed by atoms with E-state index in [9.17, 15) is 17.6 Å². The third-order valence-corrected chi connectivity index (χ3v) is 2.31. The highest BCUT2D eigenvalue weighted by atomic mass is 19.3. The molecule has 1 rings (SSSR count). The topological polar surface area (TPSA) is 47.3 Å². The van der Waals surface area contributed by atoms with Gasteiger partial charge in [0.25, 0.3) is 0 Å². The van der Waals surface area contributed by atoms with Gasteiger partial charge in [-0.3, -0.25) is 0 Å². The molecule has 0 atom stereocenters. The van der Waals surface area contributed by atoms with Crippen LogP contribution < -0.4 is 15.8 Å². The van der Waals surface area contributed by atoms with E-state index < -0.39 is 18.9 Å². The summed E-state index contributed by atoms with van der Waals surface area (Å²) in [5.74, 6) is -3.62. The fourth-order valence-corrected chi connectivity index (χ4v) is 1.35. The Kier molecular flexibility index (Phi) is 4.77. The fraction of sp³-hybridized carbons (Fsp3) is 0.455. The van der Waals surface area contributed by atoms with Gasteiger partial charge in [0.05, 0.1) is 13.7 Å². The molecule has 0 saturated heterocycles. The van der Waals surface area contributed by atoms with Gasteiger partial charge in [0.2, 0.25) is 0 Å². The minimum Gasteiger partial charge on any atom is -0.496 e. The van der Waals surface area contributed by atoms with E-state index >= 15 is 0 Å². The molecule has 0 bridgehead atoms. The van der Waals surface area contributed by atoms with Crippen LogP contribution in [-0.2, 0) is 6.54 Å². The van der Waals surface area contributed by atoms with Gasteiger partial charge in [0.1, 0.15) is 5.75 Å². The molecule has 102 valence electrons. The molecule has 3 nitrogen and oxygen atoms in total. The summed E-state index contributed by atoms with van der Waals surface area (Å²) in [7, 11) is 1.41. The van der Waals surface area contributed by atoms with Crippen molar-refractivity contribution in [2.45, 2.75) is 18.9 Å². The van der Waals surface area contributed by atoms with Gasteiger partial charge in [0.15, 0.2) is 0 Å². The standard InChI is InChI=1S/C11H14F4N2O/c1-18-9-4-8(16)3-2-7(9)5-17-6-11(14,15)10(12)13/h2-4,10,17H,5-6,16H2,1H3. The van der Waals surface area contributed by atoms with Gasteiger partial charge < -0.3 is 15.8 Å². The molecule has 7 heteroatoms. The van der Waals surface area contributed by atoms with Crippen molar-refractivity contribution in [1.82, 2.24) is 5.32 Å². The molecule has 0 aromatic heterocycles. The van der Waals surface area contributed by atoms with Crippen LogP contribution in [0.25, 0.3) is 0 Å². The summed E-state index contributed by atoms with van der Waals surface area (Å²) in [6.07, 6.45) is -3.68. The average molecular weight is 266 g/mol. The largest absolute Gasteiger partial charge is 0.496 e. The van der Waals surface area contributed by atoms with Gasteiger partial charge in [-0.25, -0.2) is 8.78 Å². The average Bonchev–Trinajstić information content (AvgIpc) is 2.30. The normalized spacial score (nSPS) is 11.9. The van der Waals surface area contributed by atoms with Crippen LogP contribution in [-0.4, -0.2) is 26.0 Å². The number of ether oxygens (including phenoxy) is 1. The molecule has 0 unspecified atom stereocenters. The lowest BCUT2D eigenvalue weighted by molar-refractivity contribution is -0.125. The molecule has 0 radical (unpaired) electrons. The third-order valence-electron chi connectivity index (χ3n) is 2.31. The summed E-state index contributed by atoms with van der Waals surface area (Å²) < 4.78 is 54.1. The van der Waals surface area contributed by atoms with Crippen LogP contribution in [0.5, 0.6) is 5.75 Å². The number of benzene rings is 1. The molecule has 0 amide bonds. The Hall–Kier alpha value is -1.50. The zero-order chi connectivity index (χ0) is 13.8. The summed E-state index contributed by atoms with van der Waals surface area (Å²) >= 11 is 0. The molecular formula is C11H14F4N2O. The molecule has 0 heterocycles. The van der Waals surface area contributed by atoms with Crippen molar-refractivity contribution in [3.63, 3.8) is 0 Å². The lowest BCUT2D eigenvalue weighted by Crippen LogP contribution is -2.38. The first-order chi connectivity index (χ1) is 8.36. The molecule has 1 aromatic carbocycles. The minimum atomic E-state index is -4.04. The summed E-state index contributed by atoms with van der Waals surface area (Å²) in [5, 5.41) is 2.27. The number of methoxy groups -OCH3 is 1. The van der Waals surface area contributed by atoms with Crippen LogP contribution in [0.2, 0.25) is 0 Å². The summed E-state index contributed by atoms with van der Waals surface area (Å²) in [4.78, 5) is 0. The zero-order valence-electron chi connectivity index (χ0n) is 9.72. The van der Waals surface area contributed by atoms with Gasteiger partial charge in [-0.1, -0.05) is 6.07 Å². The van der Waals surface area contributed by atoms with Crippen molar-refractivity contribution in [2.75, 3.05) is 19.4 Å². The fourth-order valence-electron chi connectivity index (χ4n) is 1.35. The van der Waals surface area contributed by atoms with Gasteiger partial charge in [-0.2, -0.15) is 8.78 Å². The second kappa shape index (κ2) is 5.90. The van der Waals surface area contributed by atoms with E-state index in [0.717, 1.165) is 0 Å². The van der Waals surface area contributed by atoms with Crippen molar-refractivity contribution in [3.05, 3.63) is 23.8 Å². The van der Waals surface area contributed by atoms with Crippen LogP contribution in [0, 0.1) is 0 Å². The van der Waals surface area contributed by atoms with Gasteiger partial charge in [-0.15, -0.1) is 0 Å². The Balaban J connectivity index is 2.59. The monoisotopic (exact) mass is 266 g/mol. The number of hydrogen-bond acceptors (Lipinski definition) is 3. The lowest BCUT2D eigenvalue weighted by Gasteiger charge is -2.16. The van der Waals surface area contributed by atoms with Crippen molar-refractivity contribution in [3.8, 4) is 5.75 Å². The maximum atomic E-state index is 12.6. The van der Waals surface area contributed by atoms with Crippen molar-refractivity contribution < 1.29 is 22.3 Å². The van der Waals surface area contributed by atoms with E-state index in [2.05, 4.69) is 5.32 Å². The minimum absolute atomic E-state index is 0.00817. The summed E-state index contributed by atoms with van der Waals surface area (Å²) in [6, 6.07) is 4.69. The van der Waals surface area contributed by atoms with E-state index in [4.69, 9.17) is 10.5 Å². The maximum Gasteiger partial charge on any atom is 0.319 e. The van der Waals surface area contributed by atoms with Crippen molar-refractivity contribution >= 4 is 5.69 Å². The van der Waals surface area contributed by atoms with Crippen molar-refractivity contribution in [2.24, 2.45) is 0 Å². The van der Waals surface area contributed by atoms with E-state index in [1.165, 1.54) is 13.2 Å². The Morgan fingerprint density at radius 3 is 2.61 bits per heavy atom. The predicted octanol–water partition coefficient (Wildman–Crippen LogP) is 2.27. The molecule has 3 N–H and O–H groups in total. The Morgan fingerprint density at radius 2 is 2.06 bits per heavy atom. The van der Waals surface area contributed by atoms with E-state index in [1.807, 2.05) is 0 Å². The Bertz CT molecular complexity index is 399. The maximum absolute atomic E-state index is 12.6.